The predicted octanol–water partition coefficient (Wildman–Crippen LogP) is 3.46. The predicted molar refractivity (Wildman–Crippen MR) is 107 cm³/mol. The third-order valence-electron chi connectivity index (χ3n) is 4.88. The summed E-state index contributed by atoms with van der Waals surface area (Å²) in [6.45, 7) is 8.66. The van der Waals surface area contributed by atoms with Crippen LogP contribution in [0.4, 0.5) is 0 Å². The highest BCUT2D eigenvalue weighted by Crippen LogP contribution is 2.29. The van der Waals surface area contributed by atoms with E-state index in [-0.39, 0.29) is 11.6 Å². The quantitative estimate of drug-likeness (QED) is 0.713. The standard InChI is InChI=1S/C21H27N3O2/c1-12(8-14(3)22)11-26-19-10-18-17(9-13(19)2)16-6-7-23-15(4)20(16)24(5)21(18)25/h6-7,9-10,12,14H,8,11,22H2,1-5H3. The van der Waals surface area contributed by atoms with Gasteiger partial charge in [0.15, 0.2) is 0 Å². The maximum atomic E-state index is 12.9. The maximum absolute atomic E-state index is 12.9. The second kappa shape index (κ2) is 7.08. The second-order valence-corrected chi connectivity index (χ2v) is 7.45. The largest absolute Gasteiger partial charge is 0.493 e. The van der Waals surface area contributed by atoms with Crippen molar-refractivity contribution in [2.75, 3.05) is 6.61 Å². The fourth-order valence-electron chi connectivity index (χ4n) is 3.66. The van der Waals surface area contributed by atoms with Crippen molar-refractivity contribution in [3.63, 3.8) is 0 Å². The van der Waals surface area contributed by atoms with Gasteiger partial charge < -0.3 is 15.0 Å². The number of nitrogens with zero attached hydrogens (tertiary/aromatic N) is 2. The topological polar surface area (TPSA) is 70.1 Å². The highest BCUT2D eigenvalue weighted by molar-refractivity contribution is 6.06. The highest BCUT2D eigenvalue weighted by atomic mass is 16.5. The molecule has 0 spiro atoms. The van der Waals surface area contributed by atoms with E-state index in [1.165, 1.54) is 0 Å². The van der Waals surface area contributed by atoms with Gasteiger partial charge >= 0.3 is 0 Å². The zero-order valence-electron chi connectivity index (χ0n) is 16.2. The van der Waals surface area contributed by atoms with Crippen LogP contribution in [0.25, 0.3) is 21.7 Å². The lowest BCUT2D eigenvalue weighted by Crippen LogP contribution is -2.22. The first kappa shape index (κ1) is 18.4. The molecular formula is C21H27N3O2. The fraction of sp³-hybridized carbons (Fsp3) is 0.429. The van der Waals surface area contributed by atoms with Crippen LogP contribution in [0.5, 0.6) is 5.75 Å². The number of benzene rings is 1. The van der Waals surface area contributed by atoms with Crippen LogP contribution in [0.1, 0.15) is 31.5 Å². The Morgan fingerprint density at radius 2 is 1.92 bits per heavy atom. The molecule has 5 heteroatoms. The number of fused-ring (bicyclic) bond motifs is 3. The molecule has 0 fully saturated rings. The monoisotopic (exact) mass is 353 g/mol. The lowest BCUT2D eigenvalue weighted by molar-refractivity contribution is 0.245. The molecular weight excluding hydrogens is 326 g/mol. The molecule has 2 aromatic heterocycles. The summed E-state index contributed by atoms with van der Waals surface area (Å²) >= 11 is 0. The van der Waals surface area contributed by atoms with Crippen molar-refractivity contribution in [2.24, 2.45) is 18.7 Å². The Bertz CT molecular complexity index is 1020. The molecule has 0 radical (unpaired) electrons. The van der Waals surface area contributed by atoms with E-state index < -0.39 is 0 Å². The molecule has 2 unspecified atom stereocenters. The van der Waals surface area contributed by atoms with Gasteiger partial charge in [0.2, 0.25) is 0 Å². The van der Waals surface area contributed by atoms with Gasteiger partial charge in [-0.1, -0.05) is 6.92 Å². The minimum absolute atomic E-state index is 0.0305. The third-order valence-corrected chi connectivity index (χ3v) is 4.88. The van der Waals surface area contributed by atoms with Crippen LogP contribution in [0.15, 0.2) is 29.2 Å². The maximum Gasteiger partial charge on any atom is 0.258 e. The van der Waals surface area contributed by atoms with Crippen LogP contribution in [0.3, 0.4) is 0 Å². The minimum atomic E-state index is -0.0305. The van der Waals surface area contributed by atoms with Crippen LogP contribution in [-0.4, -0.2) is 22.2 Å². The number of hydrogen-bond acceptors (Lipinski definition) is 4. The van der Waals surface area contributed by atoms with Gasteiger partial charge in [0.25, 0.3) is 5.56 Å². The summed E-state index contributed by atoms with van der Waals surface area (Å²) in [5.41, 5.74) is 8.59. The second-order valence-electron chi connectivity index (χ2n) is 7.45. The Kier molecular flexibility index (Phi) is 5.01. The van der Waals surface area contributed by atoms with E-state index in [1.54, 1.807) is 17.8 Å². The minimum Gasteiger partial charge on any atom is -0.493 e. The van der Waals surface area contributed by atoms with Crippen LogP contribution < -0.4 is 16.0 Å². The number of pyridine rings is 2. The fourth-order valence-corrected chi connectivity index (χ4v) is 3.66. The van der Waals surface area contributed by atoms with Gasteiger partial charge in [0.05, 0.1) is 23.2 Å². The zero-order chi connectivity index (χ0) is 19.0. The summed E-state index contributed by atoms with van der Waals surface area (Å²) < 4.78 is 7.70. The zero-order valence-corrected chi connectivity index (χ0v) is 16.2. The number of aromatic nitrogens is 2. The smallest absolute Gasteiger partial charge is 0.258 e. The molecule has 0 aliphatic rings. The Balaban J connectivity index is 2.10. The average molecular weight is 353 g/mol. The first-order valence-corrected chi connectivity index (χ1v) is 9.06. The molecule has 3 rings (SSSR count). The lowest BCUT2D eigenvalue weighted by atomic mass is 10.0. The van der Waals surface area contributed by atoms with Crippen LogP contribution >= 0.6 is 0 Å². The van der Waals surface area contributed by atoms with Crippen molar-refractivity contribution >= 4 is 21.7 Å². The van der Waals surface area contributed by atoms with Crippen LogP contribution in [-0.2, 0) is 7.05 Å². The van der Waals surface area contributed by atoms with Gasteiger partial charge in [-0.2, -0.15) is 0 Å². The Hall–Kier alpha value is -2.40. The van der Waals surface area contributed by atoms with Crippen molar-refractivity contribution in [1.82, 2.24) is 9.55 Å². The van der Waals surface area contributed by atoms with Crippen molar-refractivity contribution in [3.8, 4) is 5.75 Å². The van der Waals surface area contributed by atoms with Crippen molar-refractivity contribution in [1.29, 1.82) is 0 Å². The molecule has 0 bridgehead atoms. The summed E-state index contributed by atoms with van der Waals surface area (Å²) in [5, 5.41) is 2.66. The number of hydrogen-bond donors (Lipinski definition) is 1. The molecule has 26 heavy (non-hydrogen) atoms. The third kappa shape index (κ3) is 3.31. The Labute approximate surface area is 153 Å². The van der Waals surface area contributed by atoms with Crippen LogP contribution in [0.2, 0.25) is 0 Å². The molecule has 2 N–H and O–H groups in total. The van der Waals surface area contributed by atoms with Gasteiger partial charge in [-0.05, 0) is 62.3 Å². The number of rotatable bonds is 5. The van der Waals surface area contributed by atoms with E-state index in [9.17, 15) is 4.79 Å². The molecule has 0 saturated heterocycles. The molecule has 2 heterocycles. The van der Waals surface area contributed by atoms with E-state index >= 15 is 0 Å². The first-order chi connectivity index (χ1) is 12.3. The van der Waals surface area contributed by atoms with Gasteiger partial charge in [0.1, 0.15) is 5.75 Å². The van der Waals surface area contributed by atoms with E-state index in [0.717, 1.165) is 39.7 Å². The van der Waals surface area contributed by atoms with E-state index in [1.807, 2.05) is 39.0 Å². The van der Waals surface area contributed by atoms with Crippen molar-refractivity contribution in [3.05, 3.63) is 46.0 Å². The van der Waals surface area contributed by atoms with E-state index in [0.29, 0.717) is 17.9 Å². The number of nitrogens with two attached hydrogens (primary N) is 1. The number of aryl methyl sites for hydroxylation is 3. The lowest BCUT2D eigenvalue weighted by Gasteiger charge is -2.17. The molecule has 0 amide bonds. The van der Waals surface area contributed by atoms with Gasteiger partial charge in [-0.15, -0.1) is 0 Å². The van der Waals surface area contributed by atoms with Crippen LogP contribution in [0, 0.1) is 19.8 Å². The SMILES string of the molecule is Cc1cc2c(cc1OCC(C)CC(C)N)c(=O)n(C)c1c(C)nccc21. The van der Waals surface area contributed by atoms with Gasteiger partial charge in [-0.3, -0.25) is 9.78 Å². The summed E-state index contributed by atoms with van der Waals surface area (Å²) in [7, 11) is 1.80. The van der Waals surface area contributed by atoms with E-state index in [4.69, 9.17) is 10.5 Å². The molecule has 2 atom stereocenters. The molecule has 0 aliphatic carbocycles. The average Bonchev–Trinajstić information content (AvgIpc) is 2.57. The summed E-state index contributed by atoms with van der Waals surface area (Å²) in [6, 6.07) is 6.04. The van der Waals surface area contributed by atoms with E-state index in [2.05, 4.69) is 11.9 Å². The Morgan fingerprint density at radius 3 is 2.62 bits per heavy atom. The molecule has 0 saturated carbocycles. The highest BCUT2D eigenvalue weighted by Gasteiger charge is 2.14. The number of ether oxygens (including phenoxy) is 1. The Morgan fingerprint density at radius 1 is 1.19 bits per heavy atom. The molecule has 138 valence electrons. The normalized spacial score (nSPS) is 13.9. The van der Waals surface area contributed by atoms with Gasteiger partial charge in [0, 0.05) is 24.7 Å². The summed E-state index contributed by atoms with van der Waals surface area (Å²) in [6.07, 6.45) is 2.70. The van der Waals surface area contributed by atoms with Gasteiger partial charge in [-0.25, -0.2) is 0 Å². The molecule has 3 aromatic rings. The summed E-state index contributed by atoms with van der Waals surface area (Å²) in [4.78, 5) is 17.2. The molecule has 0 aliphatic heterocycles. The first-order valence-electron chi connectivity index (χ1n) is 9.06. The molecule has 1 aromatic carbocycles. The van der Waals surface area contributed by atoms with Crippen molar-refractivity contribution in [2.45, 2.75) is 40.2 Å². The van der Waals surface area contributed by atoms with Crippen molar-refractivity contribution < 1.29 is 4.74 Å². The summed E-state index contributed by atoms with van der Waals surface area (Å²) in [5.74, 6) is 1.12. The molecule has 5 nitrogen and oxygen atoms in total.